The molecule has 0 saturated heterocycles. The lowest BCUT2D eigenvalue weighted by Gasteiger charge is -2.03. The van der Waals surface area contributed by atoms with Crippen molar-refractivity contribution in [2.75, 3.05) is 12.1 Å². The van der Waals surface area contributed by atoms with Gasteiger partial charge in [0.1, 0.15) is 18.1 Å². The Bertz CT molecular complexity index is 1040. The molecular weight excluding hydrogens is 403 g/mol. The predicted molar refractivity (Wildman–Crippen MR) is 106 cm³/mol. The molecule has 3 N–H and O–H groups in total. The molecule has 0 saturated carbocycles. The van der Waals surface area contributed by atoms with Crippen LogP contribution >= 0.6 is 23.1 Å². The molecule has 4 rings (SSSR count). The maximum Gasteiger partial charge on any atom is 0.231 e. The van der Waals surface area contributed by atoms with Crippen molar-refractivity contribution < 1.29 is 19.2 Å². The lowest BCUT2D eigenvalue weighted by Crippen LogP contribution is -2.79. The van der Waals surface area contributed by atoms with Crippen LogP contribution in [0.15, 0.2) is 42.1 Å². The van der Waals surface area contributed by atoms with Crippen molar-refractivity contribution in [2.24, 2.45) is 0 Å². The van der Waals surface area contributed by atoms with Gasteiger partial charge >= 0.3 is 0 Å². The summed E-state index contributed by atoms with van der Waals surface area (Å²) >= 11 is 7.02. The summed E-state index contributed by atoms with van der Waals surface area (Å²) in [5, 5.41) is 5.85. The average molecular weight is 420 g/mol. The van der Waals surface area contributed by atoms with Crippen LogP contribution in [0.2, 0.25) is 5.02 Å². The SMILES string of the molecule is CC(=Cc1nsc(Nc2ccc(F)c(Cl)c2)n1)[NH2+]Cc1ccc2c(c1)OCO2. The van der Waals surface area contributed by atoms with Crippen LogP contribution in [0.3, 0.4) is 0 Å². The van der Waals surface area contributed by atoms with E-state index < -0.39 is 5.82 Å². The molecular formula is C19H17ClFN4O2S+. The lowest BCUT2D eigenvalue weighted by atomic mass is 10.2. The summed E-state index contributed by atoms with van der Waals surface area (Å²) < 4.78 is 28.3. The molecule has 0 radical (unpaired) electrons. The summed E-state index contributed by atoms with van der Waals surface area (Å²) in [5.74, 6) is 1.72. The summed E-state index contributed by atoms with van der Waals surface area (Å²) in [6.45, 7) is 3.04. The van der Waals surface area contributed by atoms with Gasteiger partial charge in [0.25, 0.3) is 0 Å². The van der Waals surface area contributed by atoms with E-state index >= 15 is 0 Å². The van der Waals surface area contributed by atoms with Crippen molar-refractivity contribution in [3.8, 4) is 11.5 Å². The minimum atomic E-state index is -0.457. The van der Waals surface area contributed by atoms with Gasteiger partial charge in [0.2, 0.25) is 11.9 Å². The maximum absolute atomic E-state index is 13.2. The molecule has 1 aromatic heterocycles. The van der Waals surface area contributed by atoms with E-state index in [1.54, 1.807) is 6.07 Å². The van der Waals surface area contributed by atoms with E-state index in [0.717, 1.165) is 29.3 Å². The first kappa shape index (κ1) is 18.7. The van der Waals surface area contributed by atoms with Crippen LogP contribution in [0.1, 0.15) is 18.3 Å². The first-order valence-corrected chi connectivity index (χ1v) is 9.68. The second kappa shape index (κ2) is 8.14. The van der Waals surface area contributed by atoms with Gasteiger partial charge in [-0.25, -0.2) is 4.39 Å². The first-order valence-electron chi connectivity index (χ1n) is 8.52. The van der Waals surface area contributed by atoms with E-state index in [1.165, 1.54) is 23.7 Å². The fourth-order valence-corrected chi connectivity index (χ4v) is 3.40. The van der Waals surface area contributed by atoms with E-state index in [-0.39, 0.29) is 11.8 Å². The molecule has 6 nitrogen and oxygen atoms in total. The highest BCUT2D eigenvalue weighted by atomic mass is 35.5. The van der Waals surface area contributed by atoms with Gasteiger partial charge in [-0.3, -0.25) is 0 Å². The van der Waals surface area contributed by atoms with Crippen molar-refractivity contribution in [3.05, 3.63) is 64.3 Å². The van der Waals surface area contributed by atoms with E-state index in [2.05, 4.69) is 20.0 Å². The Morgan fingerprint density at radius 2 is 2.14 bits per heavy atom. The van der Waals surface area contributed by atoms with Gasteiger partial charge in [0.15, 0.2) is 17.3 Å². The number of nitrogens with zero attached hydrogens (tertiary/aromatic N) is 2. The monoisotopic (exact) mass is 419 g/mol. The summed E-state index contributed by atoms with van der Waals surface area (Å²) in [7, 11) is 0. The van der Waals surface area contributed by atoms with Gasteiger partial charge in [-0.1, -0.05) is 11.6 Å². The number of fused-ring (bicyclic) bond motifs is 1. The molecule has 0 spiro atoms. The number of anilines is 2. The molecule has 2 heterocycles. The Kier molecular flexibility index (Phi) is 5.43. The number of aromatic nitrogens is 2. The molecule has 144 valence electrons. The third kappa shape index (κ3) is 4.41. The molecule has 28 heavy (non-hydrogen) atoms. The molecule has 0 bridgehead atoms. The molecule has 0 fully saturated rings. The molecule has 9 heteroatoms. The summed E-state index contributed by atoms with van der Waals surface area (Å²) in [6, 6.07) is 10.4. The van der Waals surface area contributed by atoms with Gasteiger partial charge in [-0.15, -0.1) is 0 Å². The summed E-state index contributed by atoms with van der Waals surface area (Å²) in [5.41, 5.74) is 2.84. The number of halogens is 2. The van der Waals surface area contributed by atoms with E-state index in [4.69, 9.17) is 21.1 Å². The number of benzene rings is 2. The summed E-state index contributed by atoms with van der Waals surface area (Å²) in [6.07, 6.45) is 1.91. The number of nitrogens with one attached hydrogen (secondary N) is 1. The predicted octanol–water partition coefficient (Wildman–Crippen LogP) is 3.93. The highest BCUT2D eigenvalue weighted by molar-refractivity contribution is 7.09. The van der Waals surface area contributed by atoms with Crippen molar-refractivity contribution in [1.29, 1.82) is 0 Å². The Balaban J connectivity index is 1.36. The van der Waals surface area contributed by atoms with Gasteiger partial charge < -0.3 is 20.1 Å². The highest BCUT2D eigenvalue weighted by Gasteiger charge is 2.14. The third-order valence-corrected chi connectivity index (χ3v) is 5.00. The van der Waals surface area contributed by atoms with Crippen LogP contribution in [-0.2, 0) is 6.54 Å². The van der Waals surface area contributed by atoms with Gasteiger partial charge in [-0.2, -0.15) is 9.36 Å². The Hall–Kier alpha value is -2.68. The number of ether oxygens (including phenoxy) is 2. The third-order valence-electron chi connectivity index (χ3n) is 4.07. The normalized spacial score (nSPS) is 13.0. The van der Waals surface area contributed by atoms with Crippen molar-refractivity contribution in [3.63, 3.8) is 0 Å². The number of quaternary nitrogens is 1. The minimum Gasteiger partial charge on any atom is -0.454 e. The van der Waals surface area contributed by atoms with Crippen LogP contribution in [0.25, 0.3) is 6.08 Å². The fraction of sp³-hybridized carbons (Fsp3) is 0.158. The average Bonchev–Trinajstić information content (AvgIpc) is 3.32. The van der Waals surface area contributed by atoms with E-state index in [1.807, 2.05) is 31.2 Å². The summed E-state index contributed by atoms with van der Waals surface area (Å²) in [4.78, 5) is 4.43. The standard InChI is InChI=1S/C19H16ClFN4O2S/c1-11(22-9-12-2-5-16-17(7-12)27-10-26-16)6-18-24-19(28-25-18)23-13-3-4-15(21)14(20)8-13/h2-8,22H,9-10H2,1H3,(H,23,24,25)/p+1. The van der Waals surface area contributed by atoms with Gasteiger partial charge in [0, 0.05) is 35.8 Å². The van der Waals surface area contributed by atoms with Crippen molar-refractivity contribution in [1.82, 2.24) is 9.36 Å². The van der Waals surface area contributed by atoms with Gasteiger partial charge in [0.05, 0.1) is 5.02 Å². The van der Waals surface area contributed by atoms with Crippen molar-refractivity contribution >= 4 is 40.0 Å². The Morgan fingerprint density at radius 3 is 3.00 bits per heavy atom. The first-order chi connectivity index (χ1) is 13.6. The molecule has 0 atom stereocenters. The topological polar surface area (TPSA) is 72.9 Å². The molecule has 0 aliphatic carbocycles. The molecule has 1 aliphatic rings. The fourth-order valence-electron chi connectivity index (χ4n) is 2.65. The second-order valence-corrected chi connectivity index (χ2v) is 7.35. The maximum atomic E-state index is 13.2. The zero-order valence-corrected chi connectivity index (χ0v) is 16.5. The van der Waals surface area contributed by atoms with Crippen LogP contribution in [0.4, 0.5) is 15.2 Å². The van der Waals surface area contributed by atoms with E-state index in [9.17, 15) is 4.39 Å². The molecule has 0 amide bonds. The largest absolute Gasteiger partial charge is 0.454 e. The van der Waals surface area contributed by atoms with Crippen LogP contribution in [0.5, 0.6) is 11.5 Å². The highest BCUT2D eigenvalue weighted by Crippen LogP contribution is 2.32. The lowest BCUT2D eigenvalue weighted by molar-refractivity contribution is -0.621. The number of nitrogens with two attached hydrogens (primary N) is 1. The number of hydrogen-bond donors (Lipinski definition) is 2. The van der Waals surface area contributed by atoms with E-state index in [0.29, 0.717) is 16.6 Å². The second-order valence-electron chi connectivity index (χ2n) is 6.20. The van der Waals surface area contributed by atoms with Crippen molar-refractivity contribution in [2.45, 2.75) is 13.5 Å². The molecule has 0 unspecified atom stereocenters. The zero-order valence-electron chi connectivity index (χ0n) is 14.9. The number of hydrogen-bond acceptors (Lipinski definition) is 6. The zero-order chi connectivity index (χ0) is 19.5. The smallest absolute Gasteiger partial charge is 0.231 e. The van der Waals surface area contributed by atoms with Crippen LogP contribution in [0, 0.1) is 5.82 Å². The quantitative estimate of drug-likeness (QED) is 0.633. The molecule has 3 aromatic rings. The number of allylic oxidation sites excluding steroid dienone is 1. The van der Waals surface area contributed by atoms with Crippen LogP contribution in [-0.4, -0.2) is 16.2 Å². The Labute approximate surface area is 170 Å². The molecule has 1 aliphatic heterocycles. The number of rotatable bonds is 6. The van der Waals surface area contributed by atoms with Crippen LogP contribution < -0.4 is 20.1 Å². The Morgan fingerprint density at radius 1 is 1.29 bits per heavy atom. The minimum absolute atomic E-state index is 0.0589. The van der Waals surface area contributed by atoms with Gasteiger partial charge in [-0.05, 0) is 36.4 Å². The molecule has 2 aromatic carbocycles.